The number of aromatic amines is 1. The molecule has 0 saturated carbocycles. The maximum atomic E-state index is 11.4. The monoisotopic (exact) mass is 297 g/mol. The van der Waals surface area contributed by atoms with Crippen LogP contribution in [0.1, 0.15) is 28.8 Å². The molecule has 0 radical (unpaired) electrons. The zero-order chi connectivity index (χ0) is 14.7. The third kappa shape index (κ3) is 2.79. The summed E-state index contributed by atoms with van der Waals surface area (Å²) in [6.45, 7) is 4.19. The van der Waals surface area contributed by atoms with Crippen molar-refractivity contribution >= 4 is 17.7 Å². The molecule has 0 aromatic carbocycles. The third-order valence-corrected chi connectivity index (χ3v) is 3.72. The first-order chi connectivity index (χ1) is 9.56. The summed E-state index contributed by atoms with van der Waals surface area (Å²) in [6.07, 6.45) is 0. The maximum Gasteiger partial charge on any atom is 0.374 e. The second-order valence-electron chi connectivity index (χ2n) is 4.06. The Balaban J connectivity index is 2.11. The molecular formula is C12H15N3O4S. The predicted octanol–water partition coefficient (Wildman–Crippen LogP) is 1.57. The summed E-state index contributed by atoms with van der Waals surface area (Å²) in [5, 5.41) is 6.93. The predicted molar refractivity (Wildman–Crippen MR) is 72.9 cm³/mol. The van der Waals surface area contributed by atoms with Gasteiger partial charge in [-0.2, -0.15) is 0 Å². The first-order valence-corrected chi connectivity index (χ1v) is 7.01. The van der Waals surface area contributed by atoms with Crippen LogP contribution in [0.2, 0.25) is 0 Å². The zero-order valence-electron chi connectivity index (χ0n) is 11.4. The van der Waals surface area contributed by atoms with E-state index < -0.39 is 5.97 Å². The Labute approximate surface area is 119 Å². The summed E-state index contributed by atoms with van der Waals surface area (Å²) in [6, 6.07) is 1.78. The van der Waals surface area contributed by atoms with Crippen molar-refractivity contribution in [1.29, 1.82) is 0 Å². The number of furan rings is 1. The van der Waals surface area contributed by atoms with Gasteiger partial charge in [-0.1, -0.05) is 11.8 Å². The summed E-state index contributed by atoms with van der Waals surface area (Å²) in [5.74, 6) is 0.815. The molecule has 2 rings (SSSR count). The molecule has 7 nitrogen and oxygen atoms in total. The number of rotatable bonds is 5. The quantitative estimate of drug-likeness (QED) is 0.665. The number of nitrogens with zero attached hydrogens (tertiary/aromatic N) is 2. The molecule has 0 spiro atoms. The molecule has 20 heavy (non-hydrogen) atoms. The van der Waals surface area contributed by atoms with Crippen LogP contribution in [0, 0.1) is 6.92 Å². The van der Waals surface area contributed by atoms with E-state index in [1.165, 1.54) is 23.4 Å². The van der Waals surface area contributed by atoms with Crippen LogP contribution in [-0.2, 0) is 17.0 Å². The fourth-order valence-electron chi connectivity index (χ4n) is 1.74. The van der Waals surface area contributed by atoms with E-state index in [9.17, 15) is 9.59 Å². The van der Waals surface area contributed by atoms with Gasteiger partial charge in [0.15, 0.2) is 5.16 Å². The number of hydrogen-bond donors (Lipinski definition) is 1. The molecule has 0 aliphatic heterocycles. The molecule has 0 bridgehead atoms. The highest BCUT2D eigenvalue weighted by atomic mass is 32.2. The van der Waals surface area contributed by atoms with E-state index in [0.29, 0.717) is 23.2 Å². The van der Waals surface area contributed by atoms with Crippen molar-refractivity contribution in [3.63, 3.8) is 0 Å². The highest BCUT2D eigenvalue weighted by Crippen LogP contribution is 2.23. The number of thioether (sulfide) groups is 1. The molecule has 108 valence electrons. The Kier molecular flexibility index (Phi) is 4.33. The molecule has 2 aromatic rings. The van der Waals surface area contributed by atoms with Gasteiger partial charge in [0.2, 0.25) is 5.76 Å². The smallest absolute Gasteiger partial charge is 0.374 e. The van der Waals surface area contributed by atoms with Crippen LogP contribution in [0.4, 0.5) is 0 Å². The van der Waals surface area contributed by atoms with Crippen molar-refractivity contribution in [2.45, 2.75) is 31.3 Å². The van der Waals surface area contributed by atoms with E-state index in [0.717, 1.165) is 5.56 Å². The number of ether oxygens (including phenoxy) is 1. The van der Waals surface area contributed by atoms with E-state index in [1.54, 1.807) is 13.0 Å². The van der Waals surface area contributed by atoms with Crippen LogP contribution >= 0.6 is 11.8 Å². The average Bonchev–Trinajstić information content (AvgIpc) is 2.98. The molecule has 2 aromatic heterocycles. The summed E-state index contributed by atoms with van der Waals surface area (Å²) >= 11 is 1.36. The zero-order valence-corrected chi connectivity index (χ0v) is 12.2. The van der Waals surface area contributed by atoms with Gasteiger partial charge < -0.3 is 9.15 Å². The minimum Gasteiger partial charge on any atom is -0.463 e. The fraction of sp³-hybridized carbons (Fsp3) is 0.417. The number of H-pyrrole nitrogens is 1. The van der Waals surface area contributed by atoms with Crippen molar-refractivity contribution in [3.05, 3.63) is 33.6 Å². The fourth-order valence-corrected chi connectivity index (χ4v) is 2.63. The molecule has 0 unspecified atom stereocenters. The molecule has 0 aliphatic carbocycles. The average molecular weight is 297 g/mol. The minimum atomic E-state index is -0.496. The number of carbonyl (C=O) groups is 1. The van der Waals surface area contributed by atoms with E-state index in [-0.39, 0.29) is 11.4 Å². The normalized spacial score (nSPS) is 10.8. The molecule has 0 aliphatic rings. The van der Waals surface area contributed by atoms with Crippen LogP contribution in [0.3, 0.4) is 0 Å². The molecule has 0 amide bonds. The van der Waals surface area contributed by atoms with Crippen LogP contribution in [0.5, 0.6) is 0 Å². The molecule has 8 heteroatoms. The summed E-state index contributed by atoms with van der Waals surface area (Å²) in [7, 11) is 1.31. The minimum absolute atomic E-state index is 0.206. The van der Waals surface area contributed by atoms with E-state index in [1.807, 2.05) is 6.92 Å². The van der Waals surface area contributed by atoms with Gasteiger partial charge in [0.25, 0.3) is 0 Å². The first-order valence-electron chi connectivity index (χ1n) is 6.02. The van der Waals surface area contributed by atoms with E-state index in [2.05, 4.69) is 14.9 Å². The Morgan fingerprint density at radius 2 is 2.35 bits per heavy atom. The van der Waals surface area contributed by atoms with Gasteiger partial charge in [-0.05, 0) is 19.9 Å². The molecule has 0 atom stereocenters. The Hall–Kier alpha value is -1.96. The maximum absolute atomic E-state index is 11.4. The first kappa shape index (κ1) is 14.4. The van der Waals surface area contributed by atoms with Crippen LogP contribution in [0.25, 0.3) is 0 Å². The number of aromatic nitrogens is 3. The van der Waals surface area contributed by atoms with Crippen molar-refractivity contribution in [2.24, 2.45) is 0 Å². The summed E-state index contributed by atoms with van der Waals surface area (Å²) in [5.41, 5.74) is 0.489. The standard InChI is InChI=1S/C12H15N3O4S/c1-4-15-11(17)13-14-12(15)20-6-8-5-7(2)9(19-8)10(16)18-3/h5H,4,6H2,1-3H3,(H,13,17). The molecule has 0 saturated heterocycles. The van der Waals surface area contributed by atoms with Crippen LogP contribution < -0.4 is 5.69 Å². The van der Waals surface area contributed by atoms with Gasteiger partial charge in [-0.25, -0.2) is 14.7 Å². The lowest BCUT2D eigenvalue weighted by molar-refractivity contribution is 0.0562. The van der Waals surface area contributed by atoms with Gasteiger partial charge >= 0.3 is 11.7 Å². The van der Waals surface area contributed by atoms with E-state index in [4.69, 9.17) is 4.42 Å². The second kappa shape index (κ2) is 6.00. The molecule has 2 heterocycles. The second-order valence-corrected chi connectivity index (χ2v) is 5.00. The molecule has 0 fully saturated rings. The van der Waals surface area contributed by atoms with E-state index >= 15 is 0 Å². The number of aryl methyl sites for hydroxylation is 1. The topological polar surface area (TPSA) is 90.1 Å². The Morgan fingerprint density at radius 1 is 1.60 bits per heavy atom. The van der Waals surface area contributed by atoms with Crippen LogP contribution in [-0.4, -0.2) is 27.8 Å². The Morgan fingerprint density at radius 3 is 3.00 bits per heavy atom. The van der Waals surface area contributed by atoms with Crippen molar-refractivity contribution in [2.75, 3.05) is 7.11 Å². The van der Waals surface area contributed by atoms with Gasteiger partial charge in [-0.3, -0.25) is 4.57 Å². The molecule has 1 N–H and O–H groups in total. The lowest BCUT2D eigenvalue weighted by Gasteiger charge is -2.00. The van der Waals surface area contributed by atoms with Gasteiger partial charge in [0.1, 0.15) is 5.76 Å². The number of esters is 1. The van der Waals surface area contributed by atoms with Gasteiger partial charge in [0, 0.05) is 12.1 Å². The van der Waals surface area contributed by atoms with Gasteiger partial charge in [0.05, 0.1) is 12.9 Å². The highest BCUT2D eigenvalue weighted by Gasteiger charge is 2.17. The van der Waals surface area contributed by atoms with Crippen LogP contribution in [0.15, 0.2) is 20.4 Å². The lowest BCUT2D eigenvalue weighted by atomic mass is 10.3. The van der Waals surface area contributed by atoms with Crippen molar-refractivity contribution in [3.8, 4) is 0 Å². The molecular weight excluding hydrogens is 282 g/mol. The highest BCUT2D eigenvalue weighted by molar-refractivity contribution is 7.98. The third-order valence-electron chi connectivity index (χ3n) is 2.72. The number of carbonyl (C=O) groups excluding carboxylic acids is 1. The number of nitrogens with one attached hydrogen (secondary N) is 1. The SMILES string of the molecule is CCn1c(SCc2cc(C)c(C(=O)OC)o2)n[nH]c1=O. The number of methoxy groups -OCH3 is 1. The van der Waals surface area contributed by atoms with Crippen molar-refractivity contribution in [1.82, 2.24) is 14.8 Å². The Bertz CT molecular complexity index is 671. The number of hydrogen-bond acceptors (Lipinski definition) is 6. The summed E-state index contributed by atoms with van der Waals surface area (Å²) in [4.78, 5) is 22.9. The largest absolute Gasteiger partial charge is 0.463 e. The van der Waals surface area contributed by atoms with Gasteiger partial charge in [-0.15, -0.1) is 5.10 Å². The lowest BCUT2D eigenvalue weighted by Crippen LogP contribution is -2.16. The van der Waals surface area contributed by atoms with Crippen molar-refractivity contribution < 1.29 is 13.9 Å². The summed E-state index contributed by atoms with van der Waals surface area (Å²) < 4.78 is 11.6.